The second kappa shape index (κ2) is 4.74. The fraction of sp³-hybridized carbons (Fsp3) is 0. The quantitative estimate of drug-likeness (QED) is 0.312. The van der Waals surface area contributed by atoms with Gasteiger partial charge in [0.25, 0.3) is 0 Å². The number of nitro groups is 1. The Bertz CT molecular complexity index is 824. The summed E-state index contributed by atoms with van der Waals surface area (Å²) in [4.78, 5) is 10.4. The van der Waals surface area contributed by atoms with Crippen LogP contribution in [0.2, 0.25) is 0 Å². The van der Waals surface area contributed by atoms with Gasteiger partial charge in [-0.2, -0.15) is 0 Å². The first-order valence-electron chi connectivity index (χ1n) is 5.53. The molecule has 0 unspecified atom stereocenters. The average Bonchev–Trinajstić information content (AvgIpc) is 2.77. The van der Waals surface area contributed by atoms with E-state index in [1.807, 2.05) is 36.4 Å². The van der Waals surface area contributed by atoms with E-state index in [0.29, 0.717) is 4.64 Å². The van der Waals surface area contributed by atoms with Crippen LogP contribution in [0.3, 0.4) is 0 Å². The van der Waals surface area contributed by atoms with Crippen molar-refractivity contribution >= 4 is 42.3 Å². The maximum absolute atomic E-state index is 10.8. The number of nitrogens with zero attached hydrogens (tertiary/aromatic N) is 2. The molecule has 0 aliphatic rings. The third-order valence-electron chi connectivity index (χ3n) is 2.77. The zero-order valence-corrected chi connectivity index (χ0v) is 12.2. The predicted octanol–water partition coefficient (Wildman–Crippen LogP) is 3.33. The topological polar surface area (TPSA) is 48.1 Å². The Morgan fingerprint density at radius 3 is 2.58 bits per heavy atom. The molecule has 94 valence electrons. The number of non-ortho nitro benzene ring substituents is 1. The number of fused-ring (bicyclic) bond motifs is 1. The van der Waals surface area contributed by atoms with Gasteiger partial charge in [-0.1, -0.05) is 0 Å². The molecule has 4 nitrogen and oxygen atoms in total. The Hall–Kier alpha value is -1.75. The van der Waals surface area contributed by atoms with E-state index in [1.165, 1.54) is 6.07 Å². The molecule has 0 aliphatic carbocycles. The Balaban J connectivity index is 2.27. The Morgan fingerprint density at radius 1 is 1.16 bits per heavy atom. The van der Waals surface area contributed by atoms with Gasteiger partial charge in [-0.3, -0.25) is 0 Å². The van der Waals surface area contributed by atoms with Crippen LogP contribution in [0.4, 0.5) is 5.69 Å². The van der Waals surface area contributed by atoms with Crippen molar-refractivity contribution < 1.29 is 4.92 Å². The number of benzene rings is 2. The number of para-hydroxylation sites is 1. The van der Waals surface area contributed by atoms with Gasteiger partial charge < -0.3 is 0 Å². The maximum atomic E-state index is 10.8. The Kier molecular flexibility index (Phi) is 3.06. The standard InChI is InChI=1S/C13H8N2O2SSe/c16-15(17)10-6-7-12-11(8-10)13(18)14(19-12)9-4-2-1-3-5-9/h1-8H. The average molecular weight is 335 g/mol. The second-order valence-corrected chi connectivity index (χ2v) is 6.42. The normalized spacial score (nSPS) is 10.7. The zero-order chi connectivity index (χ0) is 13.4. The molecule has 0 bridgehead atoms. The third-order valence-corrected chi connectivity index (χ3v) is 5.80. The van der Waals surface area contributed by atoms with Gasteiger partial charge in [0, 0.05) is 0 Å². The third kappa shape index (κ3) is 2.14. The van der Waals surface area contributed by atoms with Gasteiger partial charge in [0.05, 0.1) is 0 Å². The minimum absolute atomic E-state index is 0.0445. The summed E-state index contributed by atoms with van der Waals surface area (Å²) >= 11 is 5.49. The summed E-state index contributed by atoms with van der Waals surface area (Å²) in [5.41, 5.74) is 1.12. The number of nitro benzene ring substituents is 1. The molecule has 1 aromatic heterocycles. The van der Waals surface area contributed by atoms with Crippen molar-refractivity contribution in [1.29, 1.82) is 0 Å². The van der Waals surface area contributed by atoms with E-state index in [4.69, 9.17) is 12.2 Å². The Labute approximate surface area is 120 Å². The van der Waals surface area contributed by atoms with Crippen molar-refractivity contribution in [2.75, 3.05) is 0 Å². The molecule has 0 amide bonds. The number of hydrogen-bond acceptors (Lipinski definition) is 3. The van der Waals surface area contributed by atoms with Gasteiger partial charge >= 0.3 is 120 Å². The second-order valence-electron chi connectivity index (χ2n) is 3.96. The van der Waals surface area contributed by atoms with E-state index in [1.54, 1.807) is 6.07 Å². The summed E-state index contributed by atoms with van der Waals surface area (Å²) in [7, 11) is 0. The first-order valence-corrected chi connectivity index (χ1v) is 7.56. The van der Waals surface area contributed by atoms with E-state index in [2.05, 4.69) is 3.56 Å². The van der Waals surface area contributed by atoms with Crippen molar-refractivity contribution in [1.82, 2.24) is 3.56 Å². The first kappa shape index (κ1) is 12.3. The molecule has 0 saturated heterocycles. The number of hydrogen-bond donors (Lipinski definition) is 0. The van der Waals surface area contributed by atoms with Gasteiger partial charge in [0.2, 0.25) is 0 Å². The minimum atomic E-state index is -0.388. The molecule has 2 aromatic carbocycles. The molecule has 0 N–H and O–H groups in total. The van der Waals surface area contributed by atoms with Gasteiger partial charge in [-0.15, -0.1) is 0 Å². The molecule has 0 radical (unpaired) electrons. The van der Waals surface area contributed by atoms with E-state index in [0.717, 1.165) is 15.3 Å². The van der Waals surface area contributed by atoms with E-state index >= 15 is 0 Å². The van der Waals surface area contributed by atoms with Crippen molar-refractivity contribution in [3.05, 3.63) is 63.3 Å². The molecule has 3 aromatic rings. The van der Waals surface area contributed by atoms with Crippen LogP contribution < -0.4 is 0 Å². The molecule has 0 spiro atoms. The van der Waals surface area contributed by atoms with Crippen molar-refractivity contribution in [3.8, 4) is 5.69 Å². The fourth-order valence-corrected chi connectivity index (χ4v) is 4.55. The summed E-state index contributed by atoms with van der Waals surface area (Å²) in [6, 6.07) is 14.8. The van der Waals surface area contributed by atoms with Crippen molar-refractivity contribution in [2.45, 2.75) is 0 Å². The van der Waals surface area contributed by atoms with Gasteiger partial charge in [0.1, 0.15) is 0 Å². The Morgan fingerprint density at radius 2 is 1.89 bits per heavy atom. The van der Waals surface area contributed by atoms with Gasteiger partial charge in [0.15, 0.2) is 0 Å². The zero-order valence-electron chi connectivity index (χ0n) is 9.65. The van der Waals surface area contributed by atoms with Crippen molar-refractivity contribution in [3.63, 3.8) is 0 Å². The van der Waals surface area contributed by atoms with Crippen LogP contribution in [-0.2, 0) is 0 Å². The summed E-state index contributed by atoms with van der Waals surface area (Å²) in [5, 5.41) is 11.6. The van der Waals surface area contributed by atoms with Crippen LogP contribution in [0.1, 0.15) is 0 Å². The predicted molar refractivity (Wildman–Crippen MR) is 77.7 cm³/mol. The molecule has 3 rings (SSSR count). The van der Waals surface area contributed by atoms with Crippen LogP contribution in [0.25, 0.3) is 15.3 Å². The molecule has 0 aliphatic heterocycles. The molecule has 0 atom stereocenters. The van der Waals surface area contributed by atoms with Crippen LogP contribution in [0.15, 0.2) is 48.5 Å². The summed E-state index contributed by atoms with van der Waals surface area (Å²) in [6.45, 7) is 0. The molecule has 1 heterocycles. The van der Waals surface area contributed by atoms with Gasteiger partial charge in [-0.05, 0) is 0 Å². The van der Waals surface area contributed by atoms with Crippen LogP contribution in [0.5, 0.6) is 0 Å². The molecular weight excluding hydrogens is 327 g/mol. The number of rotatable bonds is 2. The van der Waals surface area contributed by atoms with E-state index in [9.17, 15) is 10.1 Å². The van der Waals surface area contributed by atoms with Gasteiger partial charge in [-0.25, -0.2) is 0 Å². The monoisotopic (exact) mass is 336 g/mol. The molecule has 6 heteroatoms. The SMILES string of the molecule is O=[N+]([O-])c1ccc2[se]n(-c3ccccc3)c(=S)c2c1. The summed E-state index contributed by atoms with van der Waals surface area (Å²) in [5.74, 6) is 0. The van der Waals surface area contributed by atoms with Crippen molar-refractivity contribution in [2.24, 2.45) is 0 Å². The summed E-state index contributed by atoms with van der Waals surface area (Å²) in [6.07, 6.45) is 0. The van der Waals surface area contributed by atoms with Crippen LogP contribution >= 0.6 is 12.2 Å². The van der Waals surface area contributed by atoms with Crippen LogP contribution in [0, 0.1) is 14.8 Å². The fourth-order valence-electron chi connectivity index (χ4n) is 1.86. The first-order chi connectivity index (χ1) is 9.16. The molecular formula is C13H8N2O2SSe. The molecule has 0 fully saturated rings. The summed E-state index contributed by atoms with van der Waals surface area (Å²) < 4.78 is 3.81. The van der Waals surface area contributed by atoms with E-state index in [-0.39, 0.29) is 25.3 Å². The van der Waals surface area contributed by atoms with Crippen LogP contribution in [-0.4, -0.2) is 23.2 Å². The molecule has 0 saturated carbocycles. The van der Waals surface area contributed by atoms with E-state index < -0.39 is 0 Å². The molecule has 19 heavy (non-hydrogen) atoms. The number of aromatic nitrogens is 1.